The third kappa shape index (κ3) is 3.71. The van der Waals surface area contributed by atoms with Crippen molar-refractivity contribution in [2.45, 2.75) is 6.92 Å². The van der Waals surface area contributed by atoms with E-state index in [2.05, 4.69) is 33.1 Å². The molecular weight excluding hydrogens is 351 g/mol. The van der Waals surface area contributed by atoms with Crippen molar-refractivity contribution >= 4 is 38.1 Å². The number of anilines is 1. The van der Waals surface area contributed by atoms with E-state index >= 15 is 0 Å². The number of hydrogen-bond acceptors (Lipinski definition) is 5. The number of aryl methyl sites for hydroxylation is 1. The van der Waals surface area contributed by atoms with Crippen LogP contribution in [-0.4, -0.2) is 19.1 Å². The first-order valence-corrected chi connectivity index (χ1v) is 7.77. The van der Waals surface area contributed by atoms with Crippen LogP contribution in [0.2, 0.25) is 0 Å². The zero-order valence-corrected chi connectivity index (χ0v) is 15.0. The standard InChI is InChI=1S/C17H17N4S.Ni/c1-11-9-13(21(3)4)10-12(2)16(11)19-20-17-18-14-7-5-6-8-15(14)22-17;/h5-10H,1H2,2-4H3;/q-1;. The van der Waals surface area contributed by atoms with Crippen LogP contribution < -0.4 is 4.90 Å². The Labute approximate surface area is 150 Å². The quantitative estimate of drug-likeness (QED) is 0.359. The topological polar surface area (TPSA) is 40.9 Å². The van der Waals surface area contributed by atoms with Crippen LogP contribution >= 0.6 is 11.3 Å². The van der Waals surface area contributed by atoms with Crippen LogP contribution in [-0.2, 0) is 16.5 Å². The van der Waals surface area contributed by atoms with Gasteiger partial charge in [0.05, 0.1) is 10.2 Å². The summed E-state index contributed by atoms with van der Waals surface area (Å²) in [4.78, 5) is 6.51. The summed E-state index contributed by atoms with van der Waals surface area (Å²) in [6, 6.07) is 12.1. The van der Waals surface area contributed by atoms with Crippen LogP contribution in [0.5, 0.6) is 0 Å². The molecule has 23 heavy (non-hydrogen) atoms. The van der Waals surface area contributed by atoms with Crippen LogP contribution in [0.4, 0.5) is 16.5 Å². The molecule has 0 aliphatic rings. The van der Waals surface area contributed by atoms with Crippen molar-refractivity contribution in [2.75, 3.05) is 19.0 Å². The fourth-order valence-electron chi connectivity index (χ4n) is 2.23. The van der Waals surface area contributed by atoms with Crippen molar-refractivity contribution in [3.63, 3.8) is 0 Å². The van der Waals surface area contributed by atoms with E-state index in [1.54, 1.807) is 0 Å². The Kier molecular flexibility index (Phi) is 5.40. The largest absolute Gasteiger partial charge is 0.388 e. The van der Waals surface area contributed by atoms with Gasteiger partial charge in [0.2, 0.25) is 5.13 Å². The fourth-order valence-corrected chi connectivity index (χ4v) is 3.02. The molecule has 0 fully saturated rings. The molecule has 0 radical (unpaired) electrons. The second kappa shape index (κ2) is 7.11. The number of nitrogens with zero attached hydrogens (tertiary/aromatic N) is 4. The zero-order valence-electron chi connectivity index (χ0n) is 13.2. The van der Waals surface area contributed by atoms with Crippen LogP contribution in [0.15, 0.2) is 46.6 Å². The maximum Gasteiger partial charge on any atom is 0.229 e. The Balaban J connectivity index is 0.00000192. The molecule has 0 atom stereocenters. The normalized spacial score (nSPS) is 10.9. The molecule has 0 saturated carbocycles. The SMILES string of the molecule is [CH2-]c1cc(N(C)C)cc(C)c1N=Nc1nc2ccccc2s1.[Ni]. The molecule has 1 aromatic heterocycles. The van der Waals surface area contributed by atoms with Crippen LogP contribution in [0, 0.1) is 13.8 Å². The minimum atomic E-state index is 0. The van der Waals surface area contributed by atoms with Gasteiger partial charge in [0, 0.05) is 30.6 Å². The summed E-state index contributed by atoms with van der Waals surface area (Å²) in [5.41, 5.74) is 4.80. The fraction of sp³-hybridized carbons (Fsp3) is 0.176. The Morgan fingerprint density at radius 1 is 1.13 bits per heavy atom. The minimum absolute atomic E-state index is 0. The first-order chi connectivity index (χ1) is 10.5. The van der Waals surface area contributed by atoms with Gasteiger partial charge in [-0.05, 0) is 30.4 Å². The van der Waals surface area contributed by atoms with E-state index in [0.29, 0.717) is 5.13 Å². The average Bonchev–Trinajstić information content (AvgIpc) is 2.88. The Morgan fingerprint density at radius 2 is 1.87 bits per heavy atom. The average molecular weight is 368 g/mol. The molecule has 0 saturated heterocycles. The van der Waals surface area contributed by atoms with E-state index < -0.39 is 0 Å². The molecule has 1 heterocycles. The van der Waals surface area contributed by atoms with E-state index in [1.165, 1.54) is 11.3 Å². The molecule has 6 heteroatoms. The smallest absolute Gasteiger partial charge is 0.229 e. The van der Waals surface area contributed by atoms with Crippen molar-refractivity contribution < 1.29 is 16.5 Å². The van der Waals surface area contributed by atoms with Crippen molar-refractivity contribution in [1.82, 2.24) is 4.98 Å². The first-order valence-electron chi connectivity index (χ1n) is 6.96. The molecule has 4 nitrogen and oxygen atoms in total. The van der Waals surface area contributed by atoms with Crippen molar-refractivity contribution in [3.05, 3.63) is 54.4 Å². The molecule has 0 amide bonds. The minimum Gasteiger partial charge on any atom is -0.388 e. The van der Waals surface area contributed by atoms with Crippen molar-refractivity contribution in [1.29, 1.82) is 0 Å². The van der Waals surface area contributed by atoms with E-state index in [0.717, 1.165) is 32.7 Å². The van der Waals surface area contributed by atoms with Gasteiger partial charge in [0.1, 0.15) is 0 Å². The summed E-state index contributed by atoms with van der Waals surface area (Å²) in [5, 5.41) is 9.32. The monoisotopic (exact) mass is 367 g/mol. The zero-order chi connectivity index (χ0) is 15.7. The molecule has 0 N–H and O–H groups in total. The van der Waals surface area contributed by atoms with Crippen LogP contribution in [0.3, 0.4) is 0 Å². The number of azo groups is 1. The maximum atomic E-state index is 4.46. The second-order valence-corrected chi connectivity index (χ2v) is 6.34. The van der Waals surface area contributed by atoms with E-state index in [-0.39, 0.29) is 16.5 Å². The van der Waals surface area contributed by atoms with Gasteiger partial charge in [-0.2, -0.15) is 12.5 Å². The molecular formula is C17H17N4NiS-. The molecule has 3 aromatic rings. The van der Waals surface area contributed by atoms with E-state index in [1.807, 2.05) is 51.4 Å². The second-order valence-electron chi connectivity index (χ2n) is 5.33. The molecule has 0 aliphatic carbocycles. The number of benzene rings is 2. The van der Waals surface area contributed by atoms with Gasteiger partial charge >= 0.3 is 0 Å². The Hall–Kier alpha value is -1.91. The molecule has 122 valence electrons. The number of aromatic nitrogens is 1. The molecule has 0 spiro atoms. The van der Waals surface area contributed by atoms with Gasteiger partial charge in [0.25, 0.3) is 0 Å². The predicted molar refractivity (Wildman–Crippen MR) is 93.8 cm³/mol. The number of para-hydroxylation sites is 1. The maximum absolute atomic E-state index is 4.46. The van der Waals surface area contributed by atoms with Crippen LogP contribution in [0.1, 0.15) is 11.1 Å². The molecule has 2 aromatic carbocycles. The number of hydrogen-bond donors (Lipinski definition) is 0. The summed E-state index contributed by atoms with van der Waals surface area (Å²) < 4.78 is 1.12. The third-order valence-corrected chi connectivity index (χ3v) is 4.32. The predicted octanol–water partition coefficient (Wildman–Crippen LogP) is 5.27. The summed E-state index contributed by atoms with van der Waals surface area (Å²) in [6.45, 7) is 6.10. The summed E-state index contributed by atoms with van der Waals surface area (Å²) in [7, 11) is 4.02. The van der Waals surface area contributed by atoms with Gasteiger partial charge in [-0.3, -0.25) is 0 Å². The number of thiazole rings is 1. The van der Waals surface area contributed by atoms with Gasteiger partial charge < -0.3 is 4.90 Å². The van der Waals surface area contributed by atoms with Gasteiger partial charge in [-0.1, -0.05) is 35.1 Å². The number of rotatable bonds is 3. The molecule has 0 unspecified atom stereocenters. The Morgan fingerprint density at radius 3 is 2.52 bits per heavy atom. The van der Waals surface area contributed by atoms with Gasteiger partial charge in [0.15, 0.2) is 0 Å². The van der Waals surface area contributed by atoms with Gasteiger partial charge in [-0.15, -0.1) is 11.2 Å². The molecule has 3 rings (SSSR count). The number of fused-ring (bicyclic) bond motifs is 1. The first kappa shape index (κ1) is 17.4. The molecule has 0 aliphatic heterocycles. The van der Waals surface area contributed by atoms with Crippen molar-refractivity contribution in [3.8, 4) is 0 Å². The van der Waals surface area contributed by atoms with Gasteiger partial charge in [-0.25, -0.2) is 10.1 Å². The molecule has 0 bridgehead atoms. The van der Waals surface area contributed by atoms with E-state index in [9.17, 15) is 0 Å². The van der Waals surface area contributed by atoms with E-state index in [4.69, 9.17) is 0 Å². The van der Waals surface area contributed by atoms with Crippen molar-refractivity contribution in [2.24, 2.45) is 10.2 Å². The van der Waals surface area contributed by atoms with Crippen LogP contribution in [0.25, 0.3) is 10.2 Å². The summed E-state index contributed by atoms with van der Waals surface area (Å²) >= 11 is 1.54. The Bertz CT molecular complexity index is 799. The summed E-state index contributed by atoms with van der Waals surface area (Å²) in [5.74, 6) is 0. The summed E-state index contributed by atoms with van der Waals surface area (Å²) in [6.07, 6.45) is 0. The third-order valence-electron chi connectivity index (χ3n) is 3.40.